The van der Waals surface area contributed by atoms with E-state index in [1.165, 1.54) is 51.7 Å². The fraction of sp³-hybridized carbons (Fsp3) is 1.00. The summed E-state index contributed by atoms with van der Waals surface area (Å²) in [5.74, 6) is 0. The molecule has 3 heteroatoms. The molecule has 3 nitrogen and oxygen atoms in total. The summed E-state index contributed by atoms with van der Waals surface area (Å²) in [6.45, 7) is 8.84. The lowest BCUT2D eigenvalue weighted by Crippen LogP contribution is -2.49. The van der Waals surface area contributed by atoms with E-state index in [-0.39, 0.29) is 0 Å². The van der Waals surface area contributed by atoms with Crippen LogP contribution in [0.3, 0.4) is 0 Å². The van der Waals surface area contributed by atoms with Gasteiger partial charge in [-0.2, -0.15) is 0 Å². The Kier molecular flexibility index (Phi) is 4.83. The second kappa shape index (κ2) is 6.17. The van der Waals surface area contributed by atoms with Gasteiger partial charge in [0.25, 0.3) is 0 Å². The van der Waals surface area contributed by atoms with Crippen LogP contribution in [0.25, 0.3) is 0 Å². The lowest BCUT2D eigenvalue weighted by molar-refractivity contribution is -0.0121. The number of hydrogen-bond donors (Lipinski definition) is 2. The molecule has 0 aromatic heterocycles. The maximum absolute atomic E-state index is 5.60. The molecular weight excluding hydrogens is 212 g/mol. The Balaban J connectivity index is 1.67. The van der Waals surface area contributed by atoms with Crippen LogP contribution >= 0.6 is 0 Å². The Bertz CT molecular complexity index is 220. The van der Waals surface area contributed by atoms with E-state index in [0.29, 0.717) is 17.6 Å². The standard InChI is InChI=1S/C14H28N2O/c1-3-5-14(6-7-15-10-14)11-16-12-8-13(9-12)17-4-2/h12-13,15-16H,3-11H2,1-2H3. The summed E-state index contributed by atoms with van der Waals surface area (Å²) in [4.78, 5) is 0. The van der Waals surface area contributed by atoms with Crippen LogP contribution in [0.1, 0.15) is 46.0 Å². The molecule has 1 saturated carbocycles. The minimum Gasteiger partial charge on any atom is -0.378 e. The molecule has 1 aliphatic heterocycles. The van der Waals surface area contributed by atoms with Crippen LogP contribution in [-0.2, 0) is 4.74 Å². The minimum atomic E-state index is 0.529. The molecule has 2 aliphatic rings. The predicted octanol–water partition coefficient (Wildman–Crippen LogP) is 1.92. The summed E-state index contributed by atoms with van der Waals surface area (Å²) in [6, 6.07) is 0.709. The van der Waals surface area contributed by atoms with Gasteiger partial charge in [0.15, 0.2) is 0 Å². The molecule has 2 N–H and O–H groups in total. The molecule has 0 amide bonds. The van der Waals surface area contributed by atoms with Gasteiger partial charge in [-0.05, 0) is 44.6 Å². The molecule has 0 spiro atoms. The van der Waals surface area contributed by atoms with Gasteiger partial charge in [0, 0.05) is 25.7 Å². The van der Waals surface area contributed by atoms with E-state index in [9.17, 15) is 0 Å². The first-order chi connectivity index (χ1) is 8.28. The molecule has 0 bridgehead atoms. The van der Waals surface area contributed by atoms with Gasteiger partial charge < -0.3 is 15.4 Å². The predicted molar refractivity (Wildman–Crippen MR) is 71.3 cm³/mol. The van der Waals surface area contributed by atoms with E-state index in [1.807, 2.05) is 0 Å². The van der Waals surface area contributed by atoms with Gasteiger partial charge in [-0.15, -0.1) is 0 Å². The Labute approximate surface area is 106 Å². The average Bonchev–Trinajstić information content (AvgIpc) is 2.71. The van der Waals surface area contributed by atoms with Crippen molar-refractivity contribution in [3.8, 4) is 0 Å². The van der Waals surface area contributed by atoms with Gasteiger partial charge in [-0.3, -0.25) is 0 Å². The smallest absolute Gasteiger partial charge is 0.0604 e. The van der Waals surface area contributed by atoms with Crippen molar-refractivity contribution in [1.82, 2.24) is 10.6 Å². The quantitative estimate of drug-likeness (QED) is 0.713. The van der Waals surface area contributed by atoms with Crippen molar-refractivity contribution in [2.45, 2.75) is 58.1 Å². The van der Waals surface area contributed by atoms with Crippen molar-refractivity contribution in [1.29, 1.82) is 0 Å². The molecule has 2 fully saturated rings. The number of hydrogen-bond acceptors (Lipinski definition) is 3. The molecule has 0 aromatic carbocycles. The SMILES string of the molecule is CCCC1(CNC2CC(OCC)C2)CCNC1. The molecule has 2 rings (SSSR count). The van der Waals surface area contributed by atoms with Gasteiger partial charge >= 0.3 is 0 Å². The van der Waals surface area contributed by atoms with Crippen molar-refractivity contribution < 1.29 is 4.74 Å². The molecular formula is C14H28N2O. The van der Waals surface area contributed by atoms with E-state index < -0.39 is 0 Å². The number of rotatable bonds is 7. The lowest BCUT2D eigenvalue weighted by Gasteiger charge is -2.38. The van der Waals surface area contributed by atoms with Crippen molar-refractivity contribution in [2.75, 3.05) is 26.2 Å². The molecule has 1 atom stereocenters. The third-order valence-electron chi connectivity index (χ3n) is 4.38. The van der Waals surface area contributed by atoms with E-state index in [4.69, 9.17) is 4.74 Å². The van der Waals surface area contributed by atoms with E-state index in [0.717, 1.165) is 6.61 Å². The second-order valence-corrected chi connectivity index (χ2v) is 5.80. The Morgan fingerprint density at radius 3 is 2.76 bits per heavy atom. The average molecular weight is 240 g/mol. The first-order valence-corrected chi connectivity index (χ1v) is 7.34. The molecule has 100 valence electrons. The highest BCUT2D eigenvalue weighted by Crippen LogP contribution is 2.31. The van der Waals surface area contributed by atoms with E-state index in [2.05, 4.69) is 24.5 Å². The van der Waals surface area contributed by atoms with E-state index >= 15 is 0 Å². The van der Waals surface area contributed by atoms with Crippen LogP contribution < -0.4 is 10.6 Å². The highest BCUT2D eigenvalue weighted by molar-refractivity contribution is 4.93. The number of ether oxygens (including phenoxy) is 1. The minimum absolute atomic E-state index is 0.529. The summed E-state index contributed by atoms with van der Waals surface area (Å²) >= 11 is 0. The van der Waals surface area contributed by atoms with Crippen molar-refractivity contribution >= 4 is 0 Å². The van der Waals surface area contributed by atoms with Crippen LogP contribution in [0.5, 0.6) is 0 Å². The van der Waals surface area contributed by atoms with Crippen LogP contribution in [-0.4, -0.2) is 38.4 Å². The molecule has 1 aliphatic carbocycles. The normalized spacial score (nSPS) is 37.1. The molecule has 1 heterocycles. The Hall–Kier alpha value is -0.120. The highest BCUT2D eigenvalue weighted by atomic mass is 16.5. The number of nitrogens with one attached hydrogen (secondary N) is 2. The van der Waals surface area contributed by atoms with E-state index in [1.54, 1.807) is 0 Å². The van der Waals surface area contributed by atoms with Gasteiger partial charge in [0.05, 0.1) is 6.10 Å². The summed E-state index contributed by atoms with van der Waals surface area (Å²) in [5, 5.41) is 7.28. The third-order valence-corrected chi connectivity index (χ3v) is 4.38. The maximum atomic E-state index is 5.60. The molecule has 1 saturated heterocycles. The molecule has 17 heavy (non-hydrogen) atoms. The van der Waals surface area contributed by atoms with Crippen molar-refractivity contribution in [3.05, 3.63) is 0 Å². The zero-order chi connectivity index (χ0) is 12.1. The van der Waals surface area contributed by atoms with Crippen LogP contribution in [0.15, 0.2) is 0 Å². The van der Waals surface area contributed by atoms with Crippen LogP contribution in [0.2, 0.25) is 0 Å². The largest absolute Gasteiger partial charge is 0.378 e. The maximum Gasteiger partial charge on any atom is 0.0604 e. The Morgan fingerprint density at radius 1 is 1.35 bits per heavy atom. The Morgan fingerprint density at radius 2 is 2.18 bits per heavy atom. The summed E-state index contributed by atoms with van der Waals surface area (Å²) < 4.78 is 5.60. The van der Waals surface area contributed by atoms with Crippen molar-refractivity contribution in [3.63, 3.8) is 0 Å². The first kappa shape index (κ1) is 13.3. The molecule has 0 radical (unpaired) electrons. The van der Waals surface area contributed by atoms with Gasteiger partial charge in [0.1, 0.15) is 0 Å². The summed E-state index contributed by atoms with van der Waals surface area (Å²) in [6.07, 6.45) is 6.95. The molecule has 1 unspecified atom stereocenters. The van der Waals surface area contributed by atoms with Crippen molar-refractivity contribution in [2.24, 2.45) is 5.41 Å². The van der Waals surface area contributed by atoms with Gasteiger partial charge in [-0.1, -0.05) is 13.3 Å². The topological polar surface area (TPSA) is 33.3 Å². The van der Waals surface area contributed by atoms with Crippen LogP contribution in [0, 0.1) is 5.41 Å². The summed E-state index contributed by atoms with van der Waals surface area (Å²) in [5.41, 5.74) is 0.533. The zero-order valence-corrected chi connectivity index (χ0v) is 11.4. The zero-order valence-electron chi connectivity index (χ0n) is 11.4. The first-order valence-electron chi connectivity index (χ1n) is 7.34. The van der Waals surface area contributed by atoms with Gasteiger partial charge in [-0.25, -0.2) is 0 Å². The third kappa shape index (κ3) is 3.43. The molecule has 0 aromatic rings. The fourth-order valence-corrected chi connectivity index (χ4v) is 3.24. The fourth-order valence-electron chi connectivity index (χ4n) is 3.24. The van der Waals surface area contributed by atoms with Crippen LogP contribution in [0.4, 0.5) is 0 Å². The highest BCUT2D eigenvalue weighted by Gasteiger charge is 2.35. The van der Waals surface area contributed by atoms with Gasteiger partial charge in [0.2, 0.25) is 0 Å². The summed E-state index contributed by atoms with van der Waals surface area (Å²) in [7, 11) is 0. The monoisotopic (exact) mass is 240 g/mol. The second-order valence-electron chi connectivity index (χ2n) is 5.80. The lowest BCUT2D eigenvalue weighted by atomic mass is 9.81.